The number of nitrogens with two attached hydrogens (primary N) is 1. The van der Waals surface area contributed by atoms with E-state index >= 15 is 0 Å². The van der Waals surface area contributed by atoms with Crippen LogP contribution in [0.3, 0.4) is 0 Å². The van der Waals surface area contributed by atoms with Gasteiger partial charge in [0.2, 0.25) is 5.89 Å². The molecule has 0 fully saturated rings. The Hall–Kier alpha value is -1.33. The topological polar surface area (TPSA) is 64.9 Å². The Morgan fingerprint density at radius 3 is 2.75 bits per heavy atom. The third kappa shape index (κ3) is 4.35. The molecule has 1 aromatic carbocycles. The number of hydrogen-bond donors (Lipinski definition) is 1. The van der Waals surface area contributed by atoms with Gasteiger partial charge >= 0.3 is 0 Å². The number of rotatable bonds is 7. The van der Waals surface area contributed by atoms with Gasteiger partial charge in [-0.25, -0.2) is 0 Å². The number of nitrogens with zero attached hydrogens (tertiary/aromatic N) is 2. The molecule has 0 spiro atoms. The van der Waals surface area contributed by atoms with Gasteiger partial charge in [-0.2, -0.15) is 4.98 Å². The summed E-state index contributed by atoms with van der Waals surface area (Å²) in [5.74, 6) is 2.49. The van der Waals surface area contributed by atoms with Gasteiger partial charge in [-0.15, -0.1) is 11.8 Å². The zero-order valence-corrected chi connectivity index (χ0v) is 12.8. The Morgan fingerprint density at radius 2 is 2.05 bits per heavy atom. The maximum atomic E-state index is 5.51. The molecule has 2 aromatic rings. The van der Waals surface area contributed by atoms with Crippen LogP contribution in [-0.4, -0.2) is 16.7 Å². The number of aryl methyl sites for hydroxylation is 1. The van der Waals surface area contributed by atoms with Crippen molar-refractivity contribution in [3.63, 3.8) is 0 Å². The third-order valence-corrected chi connectivity index (χ3v) is 4.14. The monoisotopic (exact) mass is 291 g/mol. The van der Waals surface area contributed by atoms with Crippen LogP contribution < -0.4 is 5.73 Å². The lowest BCUT2D eigenvalue weighted by Crippen LogP contribution is -2.02. The van der Waals surface area contributed by atoms with Crippen LogP contribution in [0.15, 0.2) is 33.7 Å². The molecule has 0 aliphatic rings. The van der Waals surface area contributed by atoms with Crippen molar-refractivity contribution in [2.24, 2.45) is 5.73 Å². The maximum absolute atomic E-state index is 5.51. The average Bonchev–Trinajstić information content (AvgIpc) is 2.93. The van der Waals surface area contributed by atoms with Crippen molar-refractivity contribution >= 4 is 11.8 Å². The van der Waals surface area contributed by atoms with Crippen LogP contribution in [-0.2, 0) is 5.75 Å². The molecule has 1 heterocycles. The highest BCUT2D eigenvalue weighted by Gasteiger charge is 2.13. The van der Waals surface area contributed by atoms with Gasteiger partial charge in [0.1, 0.15) is 0 Å². The molecule has 0 saturated carbocycles. The SMILES string of the molecule is Cc1ccc(SCc2noc(C(C)CCCN)n2)cc1. The van der Waals surface area contributed by atoms with Crippen molar-refractivity contribution < 1.29 is 4.52 Å². The molecule has 2 N–H and O–H groups in total. The molecule has 0 aliphatic heterocycles. The van der Waals surface area contributed by atoms with E-state index in [0.717, 1.165) is 30.3 Å². The summed E-state index contributed by atoms with van der Waals surface area (Å²) in [5, 5.41) is 4.04. The summed E-state index contributed by atoms with van der Waals surface area (Å²) in [5.41, 5.74) is 6.78. The normalized spacial score (nSPS) is 12.6. The van der Waals surface area contributed by atoms with Crippen LogP contribution in [0.25, 0.3) is 0 Å². The molecule has 0 radical (unpaired) electrons. The molecule has 1 unspecified atom stereocenters. The average molecular weight is 291 g/mol. The van der Waals surface area contributed by atoms with Gasteiger partial charge in [0.25, 0.3) is 0 Å². The zero-order chi connectivity index (χ0) is 14.4. The predicted octanol–water partition coefficient (Wildman–Crippen LogP) is 3.51. The van der Waals surface area contributed by atoms with Crippen LogP contribution in [0.4, 0.5) is 0 Å². The second-order valence-corrected chi connectivity index (χ2v) is 6.03. The second kappa shape index (κ2) is 7.45. The first-order chi connectivity index (χ1) is 9.69. The van der Waals surface area contributed by atoms with Crippen molar-refractivity contribution in [1.29, 1.82) is 0 Å². The van der Waals surface area contributed by atoms with E-state index in [2.05, 4.69) is 48.3 Å². The van der Waals surface area contributed by atoms with Gasteiger partial charge in [-0.3, -0.25) is 0 Å². The summed E-state index contributed by atoms with van der Waals surface area (Å²) in [7, 11) is 0. The molecule has 108 valence electrons. The summed E-state index contributed by atoms with van der Waals surface area (Å²) < 4.78 is 5.32. The summed E-state index contributed by atoms with van der Waals surface area (Å²) >= 11 is 1.72. The molecular weight excluding hydrogens is 270 g/mol. The van der Waals surface area contributed by atoms with Crippen molar-refractivity contribution in [1.82, 2.24) is 10.1 Å². The lowest BCUT2D eigenvalue weighted by molar-refractivity contribution is 0.349. The first kappa shape index (κ1) is 15.1. The smallest absolute Gasteiger partial charge is 0.229 e. The highest BCUT2D eigenvalue weighted by atomic mass is 32.2. The molecule has 4 nitrogen and oxygen atoms in total. The standard InChI is InChI=1S/C15H21N3OS/c1-11-5-7-13(8-6-11)20-10-14-17-15(19-18-14)12(2)4-3-9-16/h5-8,12H,3-4,9-10,16H2,1-2H3. The lowest BCUT2D eigenvalue weighted by Gasteiger charge is -2.03. The van der Waals surface area contributed by atoms with Crippen LogP contribution >= 0.6 is 11.8 Å². The fourth-order valence-electron chi connectivity index (χ4n) is 1.86. The van der Waals surface area contributed by atoms with Gasteiger partial charge in [0.15, 0.2) is 5.82 Å². The molecule has 5 heteroatoms. The van der Waals surface area contributed by atoms with Crippen molar-refractivity contribution in [3.8, 4) is 0 Å². The molecule has 0 bridgehead atoms. The Bertz CT molecular complexity index is 524. The number of thioether (sulfide) groups is 1. The van der Waals surface area contributed by atoms with E-state index in [0.29, 0.717) is 6.54 Å². The van der Waals surface area contributed by atoms with Crippen molar-refractivity contribution in [3.05, 3.63) is 41.5 Å². The number of hydrogen-bond acceptors (Lipinski definition) is 5. The molecule has 20 heavy (non-hydrogen) atoms. The second-order valence-electron chi connectivity index (χ2n) is 4.98. The van der Waals surface area contributed by atoms with E-state index in [9.17, 15) is 0 Å². The minimum absolute atomic E-state index is 0.282. The van der Waals surface area contributed by atoms with Crippen LogP contribution in [0, 0.1) is 6.92 Å². The largest absolute Gasteiger partial charge is 0.339 e. The van der Waals surface area contributed by atoms with Crippen molar-refractivity contribution in [2.75, 3.05) is 6.54 Å². The van der Waals surface area contributed by atoms with Crippen LogP contribution in [0.5, 0.6) is 0 Å². The van der Waals surface area contributed by atoms with Gasteiger partial charge in [0.05, 0.1) is 5.75 Å². The third-order valence-electron chi connectivity index (χ3n) is 3.14. The molecule has 1 aromatic heterocycles. The fourth-order valence-corrected chi connectivity index (χ4v) is 2.60. The zero-order valence-electron chi connectivity index (χ0n) is 12.0. The number of benzene rings is 1. The Labute approximate surface area is 124 Å². The molecule has 0 aliphatic carbocycles. The highest BCUT2D eigenvalue weighted by molar-refractivity contribution is 7.98. The van der Waals surface area contributed by atoms with E-state index in [-0.39, 0.29) is 5.92 Å². The van der Waals surface area contributed by atoms with E-state index in [1.165, 1.54) is 10.5 Å². The molecule has 0 amide bonds. The minimum Gasteiger partial charge on any atom is -0.339 e. The summed E-state index contributed by atoms with van der Waals surface area (Å²) in [4.78, 5) is 5.68. The highest BCUT2D eigenvalue weighted by Crippen LogP contribution is 2.23. The van der Waals surface area contributed by atoms with E-state index in [1.807, 2.05) is 0 Å². The predicted molar refractivity (Wildman–Crippen MR) is 81.7 cm³/mol. The molecule has 2 rings (SSSR count). The molecule has 0 saturated heterocycles. The fraction of sp³-hybridized carbons (Fsp3) is 0.467. The molecule has 1 atom stereocenters. The summed E-state index contributed by atoms with van der Waals surface area (Å²) in [6, 6.07) is 8.45. The van der Waals surface area contributed by atoms with Crippen molar-refractivity contribution in [2.45, 2.75) is 43.3 Å². The molecular formula is C15H21N3OS. The van der Waals surface area contributed by atoms with Crippen LogP contribution in [0.1, 0.15) is 43.0 Å². The Morgan fingerprint density at radius 1 is 1.30 bits per heavy atom. The Balaban J connectivity index is 1.87. The maximum Gasteiger partial charge on any atom is 0.229 e. The first-order valence-electron chi connectivity index (χ1n) is 6.91. The lowest BCUT2D eigenvalue weighted by atomic mass is 10.1. The van der Waals surface area contributed by atoms with Gasteiger partial charge in [-0.05, 0) is 38.4 Å². The summed E-state index contributed by atoms with van der Waals surface area (Å²) in [6.07, 6.45) is 1.97. The quantitative estimate of drug-likeness (QED) is 0.791. The van der Waals surface area contributed by atoms with E-state index in [4.69, 9.17) is 10.3 Å². The first-order valence-corrected chi connectivity index (χ1v) is 7.89. The van der Waals surface area contributed by atoms with Gasteiger partial charge in [0, 0.05) is 10.8 Å². The van der Waals surface area contributed by atoms with E-state index < -0.39 is 0 Å². The minimum atomic E-state index is 0.282. The van der Waals surface area contributed by atoms with Crippen LogP contribution in [0.2, 0.25) is 0 Å². The van der Waals surface area contributed by atoms with Gasteiger partial charge < -0.3 is 10.3 Å². The van der Waals surface area contributed by atoms with E-state index in [1.54, 1.807) is 11.8 Å². The summed E-state index contributed by atoms with van der Waals surface area (Å²) in [6.45, 7) is 4.89. The number of aromatic nitrogens is 2. The van der Waals surface area contributed by atoms with Gasteiger partial charge in [-0.1, -0.05) is 29.8 Å². The Kier molecular flexibility index (Phi) is 5.61.